The molecule has 1 aliphatic carbocycles. The molecule has 0 bridgehead atoms. The smallest absolute Gasteiger partial charge is 0.324 e. The molecule has 2 rings (SSSR count). The molecule has 4 nitrogen and oxygen atoms in total. The highest BCUT2D eigenvalue weighted by Crippen LogP contribution is 2.38. The summed E-state index contributed by atoms with van der Waals surface area (Å²) in [6.45, 7) is 3.59. The van der Waals surface area contributed by atoms with E-state index in [1.54, 1.807) is 0 Å². The fourth-order valence-electron chi connectivity index (χ4n) is 3.32. The van der Waals surface area contributed by atoms with Crippen molar-refractivity contribution < 1.29 is 14.6 Å². The molecule has 0 aromatic carbocycles. The molecule has 1 saturated heterocycles. The Morgan fingerprint density at radius 1 is 1.47 bits per heavy atom. The zero-order chi connectivity index (χ0) is 12.3. The lowest BCUT2D eigenvalue weighted by Crippen LogP contribution is -2.56. The topological polar surface area (TPSA) is 58.6 Å². The van der Waals surface area contributed by atoms with E-state index in [-0.39, 0.29) is 12.0 Å². The summed E-state index contributed by atoms with van der Waals surface area (Å²) in [4.78, 5) is 11.6. The van der Waals surface area contributed by atoms with Crippen molar-refractivity contribution in [1.29, 1.82) is 0 Å². The van der Waals surface area contributed by atoms with Crippen LogP contribution in [0, 0.1) is 5.92 Å². The van der Waals surface area contributed by atoms with Gasteiger partial charge < -0.3 is 9.84 Å². The summed E-state index contributed by atoms with van der Waals surface area (Å²) in [6.07, 6.45) is 6.11. The molecule has 1 saturated carbocycles. The maximum atomic E-state index is 11.6. The molecule has 2 fully saturated rings. The Morgan fingerprint density at radius 3 is 2.88 bits per heavy atom. The van der Waals surface area contributed by atoms with Crippen LogP contribution in [0.2, 0.25) is 0 Å². The minimum absolute atomic E-state index is 0.212. The number of carbonyl (C=O) groups is 1. The number of aliphatic carboxylic acids is 1. The second-order valence-electron chi connectivity index (χ2n) is 5.29. The van der Waals surface area contributed by atoms with Crippen LogP contribution in [-0.4, -0.2) is 35.9 Å². The molecule has 2 aliphatic rings. The molecule has 0 amide bonds. The molecule has 0 radical (unpaired) electrons. The third kappa shape index (κ3) is 2.47. The zero-order valence-electron chi connectivity index (χ0n) is 10.6. The van der Waals surface area contributed by atoms with E-state index in [2.05, 4.69) is 12.2 Å². The van der Waals surface area contributed by atoms with Gasteiger partial charge in [0.25, 0.3) is 0 Å². The van der Waals surface area contributed by atoms with Crippen LogP contribution in [0.4, 0.5) is 0 Å². The van der Waals surface area contributed by atoms with Crippen molar-refractivity contribution in [2.75, 3.05) is 13.2 Å². The molecule has 0 spiro atoms. The lowest BCUT2D eigenvalue weighted by molar-refractivity contribution is -0.147. The van der Waals surface area contributed by atoms with Gasteiger partial charge in [0.2, 0.25) is 0 Å². The number of carboxylic acid groups (broad SMARTS) is 1. The Kier molecular flexibility index (Phi) is 4.05. The lowest BCUT2D eigenvalue weighted by atomic mass is 9.85. The van der Waals surface area contributed by atoms with Gasteiger partial charge in [-0.3, -0.25) is 10.1 Å². The summed E-state index contributed by atoms with van der Waals surface area (Å²) in [5.74, 6) is -0.416. The molecule has 0 aromatic heterocycles. The van der Waals surface area contributed by atoms with E-state index in [0.29, 0.717) is 6.54 Å². The van der Waals surface area contributed by atoms with E-state index in [9.17, 15) is 9.90 Å². The normalized spacial score (nSPS) is 37.5. The second kappa shape index (κ2) is 5.36. The van der Waals surface area contributed by atoms with Crippen molar-refractivity contribution in [2.45, 2.75) is 57.1 Å². The average molecular weight is 241 g/mol. The molecule has 3 unspecified atom stereocenters. The first-order chi connectivity index (χ1) is 8.19. The van der Waals surface area contributed by atoms with Gasteiger partial charge in [-0.25, -0.2) is 0 Å². The third-order valence-corrected chi connectivity index (χ3v) is 4.36. The van der Waals surface area contributed by atoms with Crippen LogP contribution in [-0.2, 0) is 9.53 Å². The molecule has 3 atom stereocenters. The van der Waals surface area contributed by atoms with Crippen molar-refractivity contribution in [2.24, 2.45) is 5.92 Å². The second-order valence-corrected chi connectivity index (χ2v) is 5.29. The van der Waals surface area contributed by atoms with Gasteiger partial charge in [-0.1, -0.05) is 19.8 Å². The van der Waals surface area contributed by atoms with Crippen molar-refractivity contribution in [3.05, 3.63) is 0 Å². The minimum Gasteiger partial charge on any atom is -0.480 e. The maximum Gasteiger partial charge on any atom is 0.324 e. The van der Waals surface area contributed by atoms with Crippen LogP contribution in [0.15, 0.2) is 0 Å². The third-order valence-electron chi connectivity index (χ3n) is 4.36. The van der Waals surface area contributed by atoms with E-state index in [0.717, 1.165) is 45.1 Å². The van der Waals surface area contributed by atoms with Crippen molar-refractivity contribution >= 4 is 5.97 Å². The highest BCUT2D eigenvalue weighted by atomic mass is 16.5. The van der Waals surface area contributed by atoms with E-state index < -0.39 is 11.5 Å². The monoisotopic (exact) mass is 241 g/mol. The summed E-state index contributed by atoms with van der Waals surface area (Å²) < 4.78 is 5.55. The summed E-state index contributed by atoms with van der Waals surface area (Å²) in [5.41, 5.74) is -0.694. The first-order valence-corrected chi connectivity index (χ1v) is 6.79. The Hall–Kier alpha value is -0.610. The van der Waals surface area contributed by atoms with Gasteiger partial charge in [-0.05, 0) is 31.6 Å². The highest BCUT2D eigenvalue weighted by molar-refractivity contribution is 5.79. The number of nitrogens with one attached hydrogen (secondary N) is 1. The Labute approximate surface area is 103 Å². The largest absolute Gasteiger partial charge is 0.480 e. The van der Waals surface area contributed by atoms with Gasteiger partial charge in [0.1, 0.15) is 5.54 Å². The predicted molar refractivity (Wildman–Crippen MR) is 65.0 cm³/mol. The van der Waals surface area contributed by atoms with Crippen molar-refractivity contribution in [1.82, 2.24) is 5.32 Å². The first-order valence-electron chi connectivity index (χ1n) is 6.79. The highest BCUT2D eigenvalue weighted by Gasteiger charge is 2.48. The standard InChI is InChI=1S/C13H23NO3/c1-2-10-5-3-7-13(10,12(15)16)14-9-11-6-4-8-17-11/h10-11,14H,2-9H2,1H3,(H,15,16). The van der Waals surface area contributed by atoms with Gasteiger partial charge >= 0.3 is 5.97 Å². The fraction of sp³-hybridized carbons (Fsp3) is 0.923. The van der Waals surface area contributed by atoms with Gasteiger partial charge in [0, 0.05) is 13.2 Å². The first kappa shape index (κ1) is 12.8. The van der Waals surface area contributed by atoms with Gasteiger partial charge in [-0.2, -0.15) is 0 Å². The molecule has 1 aliphatic heterocycles. The van der Waals surface area contributed by atoms with E-state index in [1.165, 1.54) is 0 Å². The number of carboxylic acids is 1. The molecule has 17 heavy (non-hydrogen) atoms. The Bertz CT molecular complexity index is 276. The van der Waals surface area contributed by atoms with E-state index in [4.69, 9.17) is 4.74 Å². The number of hydrogen-bond acceptors (Lipinski definition) is 3. The zero-order valence-corrected chi connectivity index (χ0v) is 10.6. The predicted octanol–water partition coefficient (Wildman–Crippen LogP) is 1.79. The maximum absolute atomic E-state index is 11.6. The average Bonchev–Trinajstić information content (AvgIpc) is 2.96. The molecule has 4 heteroatoms. The van der Waals surface area contributed by atoms with Crippen molar-refractivity contribution in [3.63, 3.8) is 0 Å². The lowest BCUT2D eigenvalue weighted by Gasteiger charge is -2.33. The number of ether oxygens (including phenoxy) is 1. The fourth-order valence-corrected chi connectivity index (χ4v) is 3.32. The van der Waals surface area contributed by atoms with Crippen molar-refractivity contribution in [3.8, 4) is 0 Å². The summed E-state index contributed by atoms with van der Waals surface area (Å²) >= 11 is 0. The Morgan fingerprint density at radius 2 is 2.29 bits per heavy atom. The van der Waals surface area contributed by atoms with Crippen LogP contribution >= 0.6 is 0 Å². The molecule has 2 N–H and O–H groups in total. The summed E-state index contributed by atoms with van der Waals surface area (Å²) in [6, 6.07) is 0. The van der Waals surface area contributed by atoms with Gasteiger partial charge in [-0.15, -0.1) is 0 Å². The van der Waals surface area contributed by atoms with Gasteiger partial charge in [0.15, 0.2) is 0 Å². The number of rotatable bonds is 5. The van der Waals surface area contributed by atoms with Crippen LogP contribution in [0.3, 0.4) is 0 Å². The molecular weight excluding hydrogens is 218 g/mol. The summed E-state index contributed by atoms with van der Waals surface area (Å²) in [7, 11) is 0. The molecule has 1 heterocycles. The molecular formula is C13H23NO3. The van der Waals surface area contributed by atoms with Crippen LogP contribution < -0.4 is 5.32 Å². The van der Waals surface area contributed by atoms with Crippen LogP contribution in [0.25, 0.3) is 0 Å². The molecule has 0 aromatic rings. The van der Waals surface area contributed by atoms with Crippen LogP contribution in [0.5, 0.6) is 0 Å². The molecule has 98 valence electrons. The van der Waals surface area contributed by atoms with E-state index in [1.807, 2.05) is 0 Å². The Balaban J connectivity index is 1.98. The number of hydrogen-bond donors (Lipinski definition) is 2. The van der Waals surface area contributed by atoms with Crippen LogP contribution in [0.1, 0.15) is 45.4 Å². The quantitative estimate of drug-likeness (QED) is 0.770. The minimum atomic E-state index is -0.694. The van der Waals surface area contributed by atoms with Gasteiger partial charge in [0.05, 0.1) is 6.10 Å². The SMILES string of the molecule is CCC1CCCC1(NCC1CCCO1)C(=O)O. The van der Waals surface area contributed by atoms with E-state index >= 15 is 0 Å². The summed E-state index contributed by atoms with van der Waals surface area (Å²) in [5, 5.41) is 12.8.